The van der Waals surface area contributed by atoms with E-state index in [4.69, 9.17) is 0 Å². The van der Waals surface area contributed by atoms with Crippen LogP contribution in [0.5, 0.6) is 0 Å². The summed E-state index contributed by atoms with van der Waals surface area (Å²) < 4.78 is 0. The van der Waals surface area contributed by atoms with Crippen LogP contribution in [-0.4, -0.2) is 8.07 Å². The molecular weight excluding hydrogens is 148 g/mol. The van der Waals surface area contributed by atoms with Gasteiger partial charge < -0.3 is 0 Å². The van der Waals surface area contributed by atoms with Crippen molar-refractivity contribution >= 4 is 8.07 Å². The first-order chi connectivity index (χ1) is 5.08. The lowest BCUT2D eigenvalue weighted by Gasteiger charge is -2.27. The van der Waals surface area contributed by atoms with Gasteiger partial charge >= 0.3 is 0 Å². The van der Waals surface area contributed by atoms with Crippen LogP contribution in [-0.2, 0) is 0 Å². The van der Waals surface area contributed by atoms with Gasteiger partial charge in [-0.05, 0) is 5.92 Å². The van der Waals surface area contributed by atoms with Gasteiger partial charge in [0.25, 0.3) is 0 Å². The molecule has 11 heavy (non-hydrogen) atoms. The van der Waals surface area contributed by atoms with E-state index in [1.807, 2.05) is 0 Å². The van der Waals surface area contributed by atoms with Crippen molar-refractivity contribution in [1.82, 2.24) is 0 Å². The highest BCUT2D eigenvalue weighted by Gasteiger charge is 2.21. The second-order valence-corrected chi connectivity index (χ2v) is 10.8. The molecule has 1 fully saturated rings. The summed E-state index contributed by atoms with van der Waals surface area (Å²) in [6.07, 6.45) is 7.58. The van der Waals surface area contributed by atoms with E-state index in [0.29, 0.717) is 0 Å². The van der Waals surface area contributed by atoms with Crippen LogP contribution < -0.4 is 0 Å². The Hall–Kier alpha value is 0.217. The lowest BCUT2D eigenvalue weighted by atomic mass is 9.91. The maximum Gasteiger partial charge on any atom is 0.0445 e. The van der Waals surface area contributed by atoms with Crippen molar-refractivity contribution in [2.24, 2.45) is 5.92 Å². The van der Waals surface area contributed by atoms with E-state index >= 15 is 0 Å². The van der Waals surface area contributed by atoms with Gasteiger partial charge in [0, 0.05) is 8.07 Å². The van der Waals surface area contributed by atoms with Gasteiger partial charge in [-0.3, -0.25) is 0 Å². The Labute approximate surface area is 72.4 Å². The Bertz CT molecular complexity index is 107. The minimum atomic E-state index is -0.745. The highest BCUT2D eigenvalue weighted by Crippen LogP contribution is 2.30. The Kier molecular flexibility index (Phi) is 3.17. The molecule has 0 heterocycles. The van der Waals surface area contributed by atoms with E-state index in [2.05, 4.69) is 19.6 Å². The van der Waals surface area contributed by atoms with E-state index in [9.17, 15) is 0 Å². The number of rotatable bonds is 2. The van der Waals surface area contributed by atoms with E-state index < -0.39 is 8.07 Å². The van der Waals surface area contributed by atoms with Crippen molar-refractivity contribution < 1.29 is 0 Å². The Balaban J connectivity index is 2.24. The Morgan fingerprint density at radius 2 is 1.55 bits per heavy atom. The van der Waals surface area contributed by atoms with Crippen LogP contribution in [0, 0.1) is 5.92 Å². The lowest BCUT2D eigenvalue weighted by molar-refractivity contribution is 0.382. The maximum absolute atomic E-state index is 2.50. The zero-order chi connectivity index (χ0) is 8.32. The molecule has 0 spiro atoms. The maximum atomic E-state index is 2.50. The molecule has 0 N–H and O–H groups in total. The predicted octanol–water partition coefficient (Wildman–Crippen LogP) is 3.90. The molecule has 1 aliphatic rings. The van der Waals surface area contributed by atoms with Gasteiger partial charge in [0.05, 0.1) is 0 Å². The molecule has 1 heteroatoms. The molecular formula is C10H22Si. The monoisotopic (exact) mass is 170 g/mol. The molecule has 0 nitrogen and oxygen atoms in total. The van der Waals surface area contributed by atoms with Crippen LogP contribution in [0.4, 0.5) is 0 Å². The summed E-state index contributed by atoms with van der Waals surface area (Å²) in [5.41, 5.74) is 0. The molecule has 0 bridgehead atoms. The molecule has 0 amide bonds. The lowest BCUT2D eigenvalue weighted by Crippen LogP contribution is -2.24. The van der Waals surface area contributed by atoms with Crippen LogP contribution in [0.2, 0.25) is 25.7 Å². The quantitative estimate of drug-likeness (QED) is 0.551. The summed E-state index contributed by atoms with van der Waals surface area (Å²) in [5, 5.41) is 0. The van der Waals surface area contributed by atoms with Gasteiger partial charge in [-0.1, -0.05) is 57.8 Å². The minimum absolute atomic E-state index is 0.745. The SMILES string of the molecule is C[Si](C)(C)CC1CCCCC1. The molecule has 1 saturated carbocycles. The molecule has 0 saturated heterocycles. The van der Waals surface area contributed by atoms with Gasteiger partial charge in [-0.25, -0.2) is 0 Å². The van der Waals surface area contributed by atoms with Gasteiger partial charge in [-0.2, -0.15) is 0 Å². The average Bonchev–Trinajstić information content (AvgIpc) is 1.85. The van der Waals surface area contributed by atoms with Gasteiger partial charge in [0.2, 0.25) is 0 Å². The first kappa shape index (κ1) is 9.31. The Morgan fingerprint density at radius 1 is 1.00 bits per heavy atom. The highest BCUT2D eigenvalue weighted by atomic mass is 28.3. The van der Waals surface area contributed by atoms with E-state index in [1.54, 1.807) is 6.04 Å². The second kappa shape index (κ2) is 3.75. The van der Waals surface area contributed by atoms with Crippen molar-refractivity contribution in [1.29, 1.82) is 0 Å². The van der Waals surface area contributed by atoms with Gasteiger partial charge in [-0.15, -0.1) is 0 Å². The number of hydrogen-bond acceptors (Lipinski definition) is 0. The summed E-state index contributed by atoms with van der Waals surface area (Å²) in [6.45, 7) is 7.50. The van der Waals surface area contributed by atoms with E-state index in [0.717, 1.165) is 5.92 Å². The van der Waals surface area contributed by atoms with Crippen LogP contribution in [0.25, 0.3) is 0 Å². The van der Waals surface area contributed by atoms with Crippen molar-refractivity contribution in [2.75, 3.05) is 0 Å². The third-order valence-electron chi connectivity index (χ3n) is 2.63. The molecule has 0 aromatic carbocycles. The van der Waals surface area contributed by atoms with E-state index in [-0.39, 0.29) is 0 Å². The predicted molar refractivity (Wildman–Crippen MR) is 54.7 cm³/mol. The molecule has 0 aromatic rings. The molecule has 0 atom stereocenters. The van der Waals surface area contributed by atoms with Gasteiger partial charge in [0.1, 0.15) is 0 Å². The minimum Gasteiger partial charge on any atom is -0.0695 e. The molecule has 0 radical (unpaired) electrons. The summed E-state index contributed by atoms with van der Waals surface area (Å²) in [4.78, 5) is 0. The van der Waals surface area contributed by atoms with Crippen LogP contribution in [0.1, 0.15) is 32.1 Å². The third kappa shape index (κ3) is 3.95. The summed E-state index contributed by atoms with van der Waals surface area (Å²) >= 11 is 0. The first-order valence-corrected chi connectivity index (χ1v) is 8.79. The Morgan fingerprint density at radius 3 is 2.00 bits per heavy atom. The summed E-state index contributed by atoms with van der Waals surface area (Å²) in [5.74, 6) is 1.11. The summed E-state index contributed by atoms with van der Waals surface area (Å²) in [7, 11) is -0.745. The average molecular weight is 170 g/mol. The molecule has 0 aromatic heterocycles. The van der Waals surface area contributed by atoms with Crippen molar-refractivity contribution in [3.63, 3.8) is 0 Å². The topological polar surface area (TPSA) is 0 Å². The largest absolute Gasteiger partial charge is 0.0695 e. The van der Waals surface area contributed by atoms with Gasteiger partial charge in [0.15, 0.2) is 0 Å². The smallest absolute Gasteiger partial charge is 0.0445 e. The van der Waals surface area contributed by atoms with Crippen molar-refractivity contribution in [2.45, 2.75) is 57.8 Å². The normalized spacial score (nSPS) is 22.1. The molecule has 66 valence electrons. The molecule has 0 aliphatic heterocycles. The molecule has 0 unspecified atom stereocenters. The fraction of sp³-hybridized carbons (Fsp3) is 1.00. The second-order valence-electron chi connectivity index (χ2n) is 5.27. The standard InChI is InChI=1S/C10H22Si/c1-11(2,3)9-10-7-5-4-6-8-10/h10H,4-9H2,1-3H3. The fourth-order valence-corrected chi connectivity index (χ4v) is 4.40. The molecule has 1 rings (SSSR count). The third-order valence-corrected chi connectivity index (χ3v) is 4.43. The zero-order valence-electron chi connectivity index (χ0n) is 8.32. The zero-order valence-corrected chi connectivity index (χ0v) is 9.32. The van der Waals surface area contributed by atoms with Crippen molar-refractivity contribution in [3.05, 3.63) is 0 Å². The number of hydrogen-bond donors (Lipinski definition) is 0. The molecule has 1 aliphatic carbocycles. The fourth-order valence-electron chi connectivity index (χ4n) is 2.26. The van der Waals surface area contributed by atoms with Crippen LogP contribution in [0.3, 0.4) is 0 Å². The summed E-state index contributed by atoms with van der Waals surface area (Å²) in [6, 6.07) is 1.58. The first-order valence-electron chi connectivity index (χ1n) is 5.08. The van der Waals surface area contributed by atoms with E-state index in [1.165, 1.54) is 32.1 Å². The van der Waals surface area contributed by atoms with Crippen LogP contribution in [0.15, 0.2) is 0 Å². The van der Waals surface area contributed by atoms with Crippen molar-refractivity contribution in [3.8, 4) is 0 Å². The highest BCUT2D eigenvalue weighted by molar-refractivity contribution is 6.76. The van der Waals surface area contributed by atoms with Crippen LogP contribution >= 0.6 is 0 Å².